The van der Waals surface area contributed by atoms with Crippen LogP contribution in [0, 0.1) is 27.7 Å². The molecule has 0 heterocycles. The summed E-state index contributed by atoms with van der Waals surface area (Å²) in [7, 11) is 2.69. The fourth-order valence-electron chi connectivity index (χ4n) is 1.58. The third-order valence-corrected chi connectivity index (χ3v) is 2.85. The van der Waals surface area contributed by atoms with Crippen molar-refractivity contribution in [2.45, 2.75) is 27.7 Å². The van der Waals surface area contributed by atoms with E-state index in [1.165, 1.54) is 27.9 Å². The van der Waals surface area contributed by atoms with Crippen LogP contribution in [0.15, 0.2) is 6.07 Å². The van der Waals surface area contributed by atoms with Crippen molar-refractivity contribution in [3.63, 3.8) is 0 Å². The van der Waals surface area contributed by atoms with Gasteiger partial charge < -0.3 is 5.32 Å². The Labute approximate surface area is 83.1 Å². The van der Waals surface area contributed by atoms with Gasteiger partial charge in [-0.05, 0) is 49.9 Å². The maximum Gasteiger partial charge on any atom is 0.0407 e. The average molecular weight is 195 g/mol. The molecular formula is C11H18NP. The Morgan fingerprint density at radius 1 is 1.08 bits per heavy atom. The first-order valence-corrected chi connectivity index (χ1v) is 5.41. The Kier molecular flexibility index (Phi) is 3.33. The normalized spacial score (nSPS) is 10.2. The summed E-state index contributed by atoms with van der Waals surface area (Å²) in [6.45, 7) is 8.67. The topological polar surface area (TPSA) is 12.0 Å². The molecule has 0 amide bonds. The van der Waals surface area contributed by atoms with Gasteiger partial charge in [0.15, 0.2) is 0 Å². The monoisotopic (exact) mass is 195 g/mol. The van der Waals surface area contributed by atoms with Crippen LogP contribution in [0.2, 0.25) is 0 Å². The third-order valence-electron chi connectivity index (χ3n) is 2.64. The van der Waals surface area contributed by atoms with Crippen LogP contribution in [0.4, 0.5) is 5.69 Å². The Balaban J connectivity index is 3.28. The first-order chi connectivity index (χ1) is 6.07. The molecule has 1 N–H and O–H groups in total. The Morgan fingerprint density at radius 3 is 1.92 bits per heavy atom. The molecule has 0 spiro atoms. The minimum atomic E-state index is 0.907. The van der Waals surface area contributed by atoms with Crippen molar-refractivity contribution in [3.8, 4) is 0 Å². The smallest absolute Gasteiger partial charge is 0.0407 e. The zero-order valence-electron chi connectivity index (χ0n) is 8.86. The number of benzene rings is 1. The van der Waals surface area contributed by atoms with Gasteiger partial charge in [0.2, 0.25) is 0 Å². The standard InChI is InChI=1S/C11H18NP/c1-7-5-8(2)10(4)11(9(7)3)12-6-13/h5,12H,6,13H2,1-4H3. The summed E-state index contributed by atoms with van der Waals surface area (Å²) in [6.07, 6.45) is 0.907. The maximum atomic E-state index is 3.39. The summed E-state index contributed by atoms with van der Waals surface area (Å²) in [5, 5.41) is 3.39. The zero-order valence-corrected chi connectivity index (χ0v) is 10.0. The molecule has 0 radical (unpaired) electrons. The van der Waals surface area contributed by atoms with E-state index in [-0.39, 0.29) is 0 Å². The third kappa shape index (κ3) is 2.03. The number of hydrogen-bond acceptors (Lipinski definition) is 1. The highest BCUT2D eigenvalue weighted by Crippen LogP contribution is 2.26. The molecule has 1 aromatic rings. The van der Waals surface area contributed by atoms with Gasteiger partial charge in [-0.1, -0.05) is 6.07 Å². The van der Waals surface area contributed by atoms with E-state index in [0.717, 1.165) is 6.29 Å². The van der Waals surface area contributed by atoms with Gasteiger partial charge in [0, 0.05) is 12.0 Å². The highest BCUT2D eigenvalue weighted by Gasteiger charge is 2.06. The first kappa shape index (κ1) is 10.5. The summed E-state index contributed by atoms with van der Waals surface area (Å²) < 4.78 is 0. The van der Waals surface area contributed by atoms with E-state index in [9.17, 15) is 0 Å². The van der Waals surface area contributed by atoms with Gasteiger partial charge in [-0.3, -0.25) is 0 Å². The molecule has 1 rings (SSSR count). The molecule has 0 bridgehead atoms. The molecule has 0 saturated carbocycles. The molecule has 0 fully saturated rings. The number of nitrogens with one attached hydrogen (secondary N) is 1. The van der Waals surface area contributed by atoms with Crippen molar-refractivity contribution < 1.29 is 0 Å². The minimum absolute atomic E-state index is 0.907. The fraction of sp³-hybridized carbons (Fsp3) is 0.455. The van der Waals surface area contributed by atoms with Crippen LogP contribution in [0.5, 0.6) is 0 Å². The highest BCUT2D eigenvalue weighted by atomic mass is 31.0. The van der Waals surface area contributed by atoms with Crippen LogP contribution in [0.1, 0.15) is 22.3 Å². The van der Waals surface area contributed by atoms with Crippen molar-refractivity contribution in [2.24, 2.45) is 0 Å². The summed E-state index contributed by atoms with van der Waals surface area (Å²) in [4.78, 5) is 0. The molecule has 0 aromatic heterocycles. The molecule has 2 heteroatoms. The van der Waals surface area contributed by atoms with Crippen LogP contribution in [0.25, 0.3) is 0 Å². The van der Waals surface area contributed by atoms with E-state index in [4.69, 9.17) is 0 Å². The van der Waals surface area contributed by atoms with Gasteiger partial charge in [0.05, 0.1) is 0 Å². The summed E-state index contributed by atoms with van der Waals surface area (Å²) in [6, 6.07) is 2.25. The van der Waals surface area contributed by atoms with Gasteiger partial charge in [-0.2, -0.15) is 0 Å². The van der Waals surface area contributed by atoms with Crippen molar-refractivity contribution in [3.05, 3.63) is 28.3 Å². The summed E-state index contributed by atoms with van der Waals surface area (Å²) in [5.74, 6) is 0. The van der Waals surface area contributed by atoms with E-state index in [1.54, 1.807) is 0 Å². The number of hydrogen-bond donors (Lipinski definition) is 1. The molecule has 1 aromatic carbocycles. The second-order valence-electron chi connectivity index (χ2n) is 3.52. The molecule has 1 atom stereocenters. The molecule has 1 unspecified atom stereocenters. The minimum Gasteiger partial charge on any atom is -0.381 e. The molecule has 1 nitrogen and oxygen atoms in total. The molecule has 13 heavy (non-hydrogen) atoms. The maximum absolute atomic E-state index is 3.39. The van der Waals surface area contributed by atoms with Gasteiger partial charge in [-0.25, -0.2) is 0 Å². The molecular weight excluding hydrogens is 177 g/mol. The molecule has 72 valence electrons. The van der Waals surface area contributed by atoms with Gasteiger partial charge in [0.25, 0.3) is 0 Å². The van der Waals surface area contributed by atoms with Crippen molar-refractivity contribution >= 4 is 14.9 Å². The summed E-state index contributed by atoms with van der Waals surface area (Å²) in [5.41, 5.74) is 6.76. The Bertz CT molecular complexity index is 292. The number of aryl methyl sites for hydroxylation is 2. The van der Waals surface area contributed by atoms with Crippen LogP contribution in [0.3, 0.4) is 0 Å². The van der Waals surface area contributed by atoms with Crippen LogP contribution in [-0.4, -0.2) is 6.29 Å². The van der Waals surface area contributed by atoms with E-state index in [1.807, 2.05) is 0 Å². The first-order valence-electron chi connectivity index (χ1n) is 4.59. The lowest BCUT2D eigenvalue weighted by atomic mass is 9.99. The lowest BCUT2D eigenvalue weighted by molar-refractivity contribution is 1.22. The van der Waals surface area contributed by atoms with E-state index in [0.29, 0.717) is 0 Å². The second-order valence-corrected chi connectivity index (χ2v) is 3.92. The molecule has 0 aliphatic carbocycles. The van der Waals surface area contributed by atoms with Crippen molar-refractivity contribution in [2.75, 3.05) is 11.6 Å². The molecule has 0 aliphatic rings. The van der Waals surface area contributed by atoms with Crippen molar-refractivity contribution in [1.82, 2.24) is 0 Å². The Hall–Kier alpha value is -0.550. The van der Waals surface area contributed by atoms with E-state index in [2.05, 4.69) is 48.3 Å². The molecule has 0 saturated heterocycles. The highest BCUT2D eigenvalue weighted by molar-refractivity contribution is 7.16. The zero-order chi connectivity index (χ0) is 10.0. The van der Waals surface area contributed by atoms with Gasteiger partial charge in [0.1, 0.15) is 0 Å². The molecule has 0 aliphatic heterocycles. The van der Waals surface area contributed by atoms with E-state index < -0.39 is 0 Å². The van der Waals surface area contributed by atoms with Crippen LogP contribution < -0.4 is 5.32 Å². The predicted octanol–water partition coefficient (Wildman–Crippen LogP) is 3.16. The largest absolute Gasteiger partial charge is 0.381 e. The predicted molar refractivity (Wildman–Crippen MR) is 63.6 cm³/mol. The quantitative estimate of drug-likeness (QED) is 0.715. The fourth-order valence-corrected chi connectivity index (χ4v) is 1.79. The van der Waals surface area contributed by atoms with Crippen molar-refractivity contribution in [1.29, 1.82) is 0 Å². The number of rotatable bonds is 2. The SMILES string of the molecule is Cc1cc(C)c(C)c(NCP)c1C. The summed E-state index contributed by atoms with van der Waals surface area (Å²) >= 11 is 0. The van der Waals surface area contributed by atoms with E-state index >= 15 is 0 Å². The Morgan fingerprint density at radius 2 is 1.54 bits per heavy atom. The van der Waals surface area contributed by atoms with Crippen LogP contribution >= 0.6 is 9.24 Å². The van der Waals surface area contributed by atoms with Crippen LogP contribution in [-0.2, 0) is 0 Å². The average Bonchev–Trinajstić information content (AvgIpc) is 2.09. The second kappa shape index (κ2) is 4.11. The lowest BCUT2D eigenvalue weighted by Crippen LogP contribution is -2.02. The van der Waals surface area contributed by atoms with Gasteiger partial charge in [-0.15, -0.1) is 9.24 Å². The lowest BCUT2D eigenvalue weighted by Gasteiger charge is -2.15. The number of anilines is 1. The van der Waals surface area contributed by atoms with Gasteiger partial charge >= 0.3 is 0 Å².